The number of halogens is 1. The molecule has 14 nitrogen and oxygen atoms in total. The van der Waals surface area contributed by atoms with Gasteiger partial charge in [0, 0.05) is 93.4 Å². The van der Waals surface area contributed by atoms with E-state index in [9.17, 15) is 23.9 Å². The quantitative estimate of drug-likeness (QED) is 0.215. The number of amides is 3. The van der Waals surface area contributed by atoms with Gasteiger partial charge < -0.3 is 29.7 Å². The zero-order valence-corrected chi connectivity index (χ0v) is 30.9. The molecule has 56 heavy (non-hydrogen) atoms. The number of hydrogen-bond acceptors (Lipinski definition) is 11. The normalized spacial score (nSPS) is 23.6. The van der Waals surface area contributed by atoms with E-state index in [2.05, 4.69) is 71.4 Å². The number of hydrogen-bond donors (Lipinski definition) is 3. The Morgan fingerprint density at radius 2 is 1.86 bits per heavy atom. The Labute approximate surface area is 321 Å². The molecule has 3 aromatic heterocycles. The average Bonchev–Trinajstić information content (AvgIpc) is 3.88. The summed E-state index contributed by atoms with van der Waals surface area (Å²) >= 11 is 0. The SMILES string of the molecule is C[C@@]12CNc3nnc(-c4cccc(F)c4O)cc3N1C[C@H](n1ccc3cc(CN4CCN(c5ccc6c(c5)C(=O)N([C@H]5CCC(=O)NC5=O)C6)CC4)cnc31)C2. The molecule has 5 aromatic rings. The number of carbonyl (C=O) groups excluding carboxylic acids is 3. The van der Waals surface area contributed by atoms with Gasteiger partial charge in [0.1, 0.15) is 11.7 Å². The maximum atomic E-state index is 14.2. The lowest BCUT2D eigenvalue weighted by atomic mass is 9.95. The third-order valence-corrected chi connectivity index (χ3v) is 12.3. The second-order valence-corrected chi connectivity index (χ2v) is 15.9. The summed E-state index contributed by atoms with van der Waals surface area (Å²) in [4.78, 5) is 51.2. The number of phenolic OH excluding ortho intramolecular Hbond substituents is 1. The predicted octanol–water partition coefficient (Wildman–Crippen LogP) is 4.06. The number of piperidine rings is 1. The summed E-state index contributed by atoms with van der Waals surface area (Å²) in [6.45, 7) is 8.21. The lowest BCUT2D eigenvalue weighted by molar-refractivity contribution is -0.136. The number of phenols is 1. The van der Waals surface area contributed by atoms with Gasteiger partial charge >= 0.3 is 0 Å². The van der Waals surface area contributed by atoms with Gasteiger partial charge in [0.15, 0.2) is 17.4 Å². The monoisotopic (exact) mass is 756 g/mol. The molecular formula is C41H41FN10O4. The Kier molecular flexibility index (Phi) is 7.99. The number of anilines is 3. The molecule has 3 amide bonds. The lowest BCUT2D eigenvalue weighted by Crippen LogP contribution is -2.52. The van der Waals surface area contributed by atoms with Crippen molar-refractivity contribution in [1.29, 1.82) is 0 Å². The van der Waals surface area contributed by atoms with Crippen molar-refractivity contribution in [3.8, 4) is 17.0 Å². The van der Waals surface area contributed by atoms with E-state index in [0.717, 1.165) is 79.2 Å². The Balaban J connectivity index is 0.794. The van der Waals surface area contributed by atoms with E-state index in [0.29, 0.717) is 42.1 Å². The van der Waals surface area contributed by atoms with Crippen LogP contribution in [-0.4, -0.2) is 103 Å². The van der Waals surface area contributed by atoms with Crippen molar-refractivity contribution >= 4 is 45.9 Å². The molecule has 15 heteroatoms. The summed E-state index contributed by atoms with van der Waals surface area (Å²) in [5.41, 5.74) is 6.04. The molecule has 10 rings (SSSR count). The third-order valence-electron chi connectivity index (χ3n) is 12.3. The first-order chi connectivity index (χ1) is 27.1. The molecular weight excluding hydrogens is 716 g/mol. The summed E-state index contributed by atoms with van der Waals surface area (Å²) in [6.07, 6.45) is 5.60. The number of nitrogens with zero attached hydrogens (tertiary/aromatic N) is 8. The average molecular weight is 757 g/mol. The van der Waals surface area contributed by atoms with Crippen LogP contribution in [0.2, 0.25) is 0 Å². The number of aromatic hydroxyl groups is 1. The minimum Gasteiger partial charge on any atom is -0.504 e. The molecule has 3 N–H and O–H groups in total. The van der Waals surface area contributed by atoms with Gasteiger partial charge in [-0.15, -0.1) is 10.2 Å². The van der Waals surface area contributed by atoms with Gasteiger partial charge in [0.25, 0.3) is 5.91 Å². The van der Waals surface area contributed by atoms with Gasteiger partial charge in [-0.2, -0.15) is 0 Å². The fourth-order valence-corrected chi connectivity index (χ4v) is 9.33. The van der Waals surface area contributed by atoms with Crippen molar-refractivity contribution < 1.29 is 23.9 Å². The van der Waals surface area contributed by atoms with Gasteiger partial charge in [-0.1, -0.05) is 12.1 Å². The second-order valence-electron chi connectivity index (χ2n) is 15.9. The van der Waals surface area contributed by atoms with Crippen LogP contribution in [0.5, 0.6) is 5.75 Å². The van der Waals surface area contributed by atoms with E-state index in [-0.39, 0.29) is 29.8 Å². The first-order valence-corrected chi connectivity index (χ1v) is 19.2. The number of pyridine rings is 1. The maximum Gasteiger partial charge on any atom is 0.255 e. The van der Waals surface area contributed by atoms with Crippen LogP contribution >= 0.6 is 0 Å². The van der Waals surface area contributed by atoms with Crippen molar-refractivity contribution in [3.63, 3.8) is 0 Å². The van der Waals surface area contributed by atoms with Crippen LogP contribution in [-0.2, 0) is 22.7 Å². The first-order valence-electron chi connectivity index (χ1n) is 19.2. The highest BCUT2D eigenvalue weighted by Gasteiger charge is 2.47. The smallest absolute Gasteiger partial charge is 0.255 e. The van der Waals surface area contributed by atoms with Crippen molar-refractivity contribution in [2.75, 3.05) is 54.4 Å². The number of benzene rings is 2. The highest BCUT2D eigenvalue weighted by molar-refractivity contribution is 6.05. The number of fused-ring (bicyclic) bond motifs is 5. The van der Waals surface area contributed by atoms with Crippen LogP contribution in [0.4, 0.5) is 21.6 Å². The van der Waals surface area contributed by atoms with Crippen LogP contribution in [0.15, 0.2) is 67.0 Å². The summed E-state index contributed by atoms with van der Waals surface area (Å²) in [7, 11) is 0. The predicted molar refractivity (Wildman–Crippen MR) is 207 cm³/mol. The zero-order chi connectivity index (χ0) is 38.3. The minimum atomic E-state index is -0.696. The van der Waals surface area contributed by atoms with Gasteiger partial charge in [-0.05, 0) is 73.4 Å². The molecule has 2 aromatic carbocycles. The molecule has 0 spiro atoms. The number of nitrogens with one attached hydrogen (secondary N) is 2. The first kappa shape index (κ1) is 34.4. The fourth-order valence-electron chi connectivity index (χ4n) is 9.33. The Morgan fingerprint density at radius 3 is 2.70 bits per heavy atom. The van der Waals surface area contributed by atoms with Gasteiger partial charge in [0.2, 0.25) is 11.8 Å². The Hall–Kier alpha value is -6.09. The van der Waals surface area contributed by atoms with Crippen molar-refractivity contribution in [1.82, 2.24) is 34.9 Å². The number of aromatic nitrogens is 4. The number of para-hydroxylation sites is 1. The van der Waals surface area contributed by atoms with E-state index in [1.807, 2.05) is 24.4 Å². The van der Waals surface area contributed by atoms with Gasteiger partial charge in [-0.3, -0.25) is 24.6 Å². The van der Waals surface area contributed by atoms with Crippen LogP contribution in [0.3, 0.4) is 0 Å². The summed E-state index contributed by atoms with van der Waals surface area (Å²) < 4.78 is 16.5. The third kappa shape index (κ3) is 5.71. The van der Waals surface area contributed by atoms with Crippen LogP contribution in [0.1, 0.15) is 53.7 Å². The standard InChI is InChI=1S/C41H41FN10O4/c1-41-18-28(22-52(41)34-17-32(46-47-37(34)44-23-41)29-3-2-4-31(42)36(29)54)50-10-9-25-15-24(19-43-38(25)50)20-48-11-13-49(14-12-48)27-6-5-26-21-51(40(56)30(26)16-27)33-7-8-35(53)45-39(33)55/h2-6,9-10,15-17,19,28,33,54H,7-8,11-14,18,20-23H2,1H3,(H,44,47)(H,45,53,55)/t28-,33+,41-/m1/s1. The molecule has 0 radical (unpaired) electrons. The molecule has 3 atom stereocenters. The van der Waals surface area contributed by atoms with E-state index >= 15 is 0 Å². The van der Waals surface area contributed by atoms with Gasteiger partial charge in [0.05, 0.1) is 23.0 Å². The molecule has 0 unspecified atom stereocenters. The highest BCUT2D eigenvalue weighted by Crippen LogP contribution is 2.46. The van der Waals surface area contributed by atoms with Gasteiger partial charge in [-0.25, -0.2) is 9.37 Å². The minimum absolute atomic E-state index is 0.153. The summed E-state index contributed by atoms with van der Waals surface area (Å²) in [6, 6.07) is 16.2. The molecule has 5 aliphatic rings. The summed E-state index contributed by atoms with van der Waals surface area (Å²) in [5.74, 6) is -1.30. The molecule has 0 aliphatic carbocycles. The van der Waals surface area contributed by atoms with Crippen molar-refractivity contribution in [2.45, 2.75) is 56.9 Å². The van der Waals surface area contributed by atoms with E-state index < -0.39 is 23.5 Å². The molecule has 286 valence electrons. The molecule has 0 bridgehead atoms. The summed E-state index contributed by atoms with van der Waals surface area (Å²) in [5, 5.41) is 26.0. The largest absolute Gasteiger partial charge is 0.504 e. The van der Waals surface area contributed by atoms with Crippen molar-refractivity contribution in [2.24, 2.45) is 0 Å². The lowest BCUT2D eigenvalue weighted by Gasteiger charge is -2.41. The van der Waals surface area contributed by atoms with E-state index in [1.54, 1.807) is 17.0 Å². The van der Waals surface area contributed by atoms with Crippen LogP contribution < -0.4 is 20.4 Å². The molecule has 8 heterocycles. The Bertz CT molecular complexity index is 2450. The fraction of sp³-hybridized carbons (Fsp3) is 0.366. The number of imide groups is 1. The molecule has 0 saturated carbocycles. The highest BCUT2D eigenvalue weighted by atomic mass is 19.1. The number of piperazine rings is 1. The van der Waals surface area contributed by atoms with Crippen molar-refractivity contribution in [3.05, 3.63) is 89.5 Å². The van der Waals surface area contributed by atoms with Crippen LogP contribution in [0, 0.1) is 5.82 Å². The van der Waals surface area contributed by atoms with E-state index in [4.69, 9.17) is 4.98 Å². The Morgan fingerprint density at radius 1 is 1.00 bits per heavy atom. The molecule has 3 saturated heterocycles. The maximum absolute atomic E-state index is 14.2. The topological polar surface area (TPSA) is 152 Å². The number of rotatable bonds is 6. The van der Waals surface area contributed by atoms with Crippen LogP contribution in [0.25, 0.3) is 22.3 Å². The molecule has 3 fully saturated rings. The molecule has 5 aliphatic heterocycles. The van der Waals surface area contributed by atoms with E-state index in [1.165, 1.54) is 6.07 Å². The number of carbonyl (C=O) groups is 3. The zero-order valence-electron chi connectivity index (χ0n) is 30.9. The second kappa shape index (κ2) is 13.0.